The van der Waals surface area contributed by atoms with E-state index < -0.39 is 5.41 Å². The molecule has 1 nitrogen and oxygen atoms in total. The van der Waals surface area contributed by atoms with Gasteiger partial charge in [-0.1, -0.05) is 189 Å². The summed E-state index contributed by atoms with van der Waals surface area (Å²) in [6.45, 7) is 15.6. The van der Waals surface area contributed by atoms with Crippen LogP contribution in [0.15, 0.2) is 195 Å². The molecule has 1 atom stereocenters. The number of hydrogen-bond donors (Lipinski definition) is 0. The Hall–Kier alpha value is -6.57. The number of fused-ring (bicyclic) bond motifs is 2. The predicted molar refractivity (Wildman–Crippen MR) is 245 cm³/mol. The molecule has 0 N–H and O–H groups in total. The van der Waals surface area contributed by atoms with Crippen LogP contribution in [-0.2, 0) is 5.41 Å². The number of pyridine rings is 1. The van der Waals surface area contributed by atoms with Crippen molar-refractivity contribution in [3.63, 3.8) is 0 Å². The van der Waals surface area contributed by atoms with E-state index >= 15 is 0 Å². The Bertz CT molecular complexity index is 2730. The van der Waals surface area contributed by atoms with Crippen LogP contribution in [-0.4, -0.2) is 4.98 Å². The lowest BCUT2D eigenvalue weighted by Gasteiger charge is -2.37. The molecule has 1 heterocycles. The van der Waals surface area contributed by atoms with E-state index in [2.05, 4.69) is 222 Å². The molecule has 0 spiro atoms. The van der Waals surface area contributed by atoms with Gasteiger partial charge in [0.25, 0.3) is 0 Å². The maximum atomic E-state index is 4.66. The van der Waals surface area contributed by atoms with Crippen molar-refractivity contribution in [1.82, 2.24) is 4.98 Å². The Labute approximate surface area is 338 Å². The molecule has 1 heteroatoms. The van der Waals surface area contributed by atoms with Gasteiger partial charge in [0, 0.05) is 11.6 Å². The molecule has 0 aliphatic carbocycles. The SMILES string of the molecule is C=C(/C=C(/C)c1ccc2cccnc2c1C)c1ccc(C(c2ccccc2)(c2ccccc2)c2ccc(C(C)/C=C(/C)c3ccc4ccccc4c3C)cc2)cc1. The molecule has 278 valence electrons. The van der Waals surface area contributed by atoms with Gasteiger partial charge < -0.3 is 0 Å². The number of aryl methyl sites for hydroxylation is 2. The first-order valence-corrected chi connectivity index (χ1v) is 20.0. The van der Waals surface area contributed by atoms with E-state index in [1.165, 1.54) is 72.0 Å². The summed E-state index contributed by atoms with van der Waals surface area (Å²) in [7, 11) is 0. The lowest BCUT2D eigenvalue weighted by molar-refractivity contribution is 0.743. The topological polar surface area (TPSA) is 12.9 Å². The average molecular weight is 736 g/mol. The van der Waals surface area contributed by atoms with Crippen molar-refractivity contribution in [1.29, 1.82) is 0 Å². The van der Waals surface area contributed by atoms with Crippen molar-refractivity contribution in [2.75, 3.05) is 0 Å². The molecule has 8 aromatic rings. The van der Waals surface area contributed by atoms with Crippen molar-refractivity contribution in [3.05, 3.63) is 250 Å². The number of rotatable bonds is 10. The van der Waals surface area contributed by atoms with Crippen LogP contribution in [0.25, 0.3) is 38.4 Å². The largest absolute Gasteiger partial charge is 0.256 e. The summed E-state index contributed by atoms with van der Waals surface area (Å²) in [6, 6.07) is 61.9. The highest BCUT2D eigenvalue weighted by molar-refractivity contribution is 5.91. The monoisotopic (exact) mass is 735 g/mol. The van der Waals surface area contributed by atoms with E-state index in [0.29, 0.717) is 0 Å². The lowest BCUT2D eigenvalue weighted by atomic mass is 9.65. The van der Waals surface area contributed by atoms with Gasteiger partial charge in [-0.15, -0.1) is 0 Å². The first-order valence-electron chi connectivity index (χ1n) is 20.0. The van der Waals surface area contributed by atoms with Crippen LogP contribution in [0.1, 0.15) is 82.3 Å². The second kappa shape index (κ2) is 15.9. The van der Waals surface area contributed by atoms with Gasteiger partial charge in [0.15, 0.2) is 0 Å². The van der Waals surface area contributed by atoms with Gasteiger partial charge in [-0.05, 0) is 123 Å². The molecule has 0 saturated carbocycles. The highest BCUT2D eigenvalue weighted by Gasteiger charge is 2.38. The van der Waals surface area contributed by atoms with Gasteiger partial charge in [-0.25, -0.2) is 0 Å². The van der Waals surface area contributed by atoms with Gasteiger partial charge in [0.05, 0.1) is 10.9 Å². The average Bonchev–Trinajstić information content (AvgIpc) is 3.25. The molecular weight excluding hydrogens is 687 g/mol. The normalized spacial score (nSPS) is 12.9. The third-order valence-corrected chi connectivity index (χ3v) is 11.9. The molecule has 0 aliphatic rings. The maximum Gasteiger partial charge on any atom is 0.0737 e. The van der Waals surface area contributed by atoms with Gasteiger partial charge >= 0.3 is 0 Å². The fourth-order valence-corrected chi connectivity index (χ4v) is 8.90. The Morgan fingerprint density at radius 3 is 1.72 bits per heavy atom. The van der Waals surface area contributed by atoms with Crippen LogP contribution in [0.4, 0.5) is 0 Å². The minimum atomic E-state index is -0.543. The zero-order chi connectivity index (χ0) is 39.5. The Kier molecular flexibility index (Phi) is 10.4. The molecule has 0 radical (unpaired) electrons. The number of benzene rings is 7. The van der Waals surface area contributed by atoms with E-state index in [1.807, 2.05) is 12.3 Å². The van der Waals surface area contributed by atoms with Crippen LogP contribution in [0.2, 0.25) is 0 Å². The summed E-state index contributed by atoms with van der Waals surface area (Å²) in [5.41, 5.74) is 16.2. The molecule has 0 amide bonds. The Morgan fingerprint density at radius 2 is 1.07 bits per heavy atom. The van der Waals surface area contributed by atoms with Crippen molar-refractivity contribution >= 4 is 38.4 Å². The number of allylic oxidation sites excluding steroid dienone is 5. The van der Waals surface area contributed by atoms with Crippen molar-refractivity contribution < 1.29 is 0 Å². The molecule has 0 saturated heterocycles. The van der Waals surface area contributed by atoms with Gasteiger partial charge in [0.2, 0.25) is 0 Å². The maximum absolute atomic E-state index is 4.66. The summed E-state index contributed by atoms with van der Waals surface area (Å²) in [5, 5.41) is 3.76. The highest BCUT2D eigenvalue weighted by Crippen LogP contribution is 2.46. The van der Waals surface area contributed by atoms with E-state index in [4.69, 9.17) is 0 Å². The molecule has 0 bridgehead atoms. The molecule has 57 heavy (non-hydrogen) atoms. The summed E-state index contributed by atoms with van der Waals surface area (Å²) >= 11 is 0. The molecule has 8 rings (SSSR count). The smallest absolute Gasteiger partial charge is 0.0737 e. The summed E-state index contributed by atoms with van der Waals surface area (Å²) in [6.07, 6.45) is 6.48. The first kappa shape index (κ1) is 37.4. The standard InChI is InChI=1S/C56H49N/c1-38(36-40(3)52-33-27-46-16-13-14-22-54(46)42(52)5)44-23-29-50(30-24-44)56(48-18-9-7-10-19-48,49-20-11-8-12-21-49)51-31-25-45(26-32-51)39(2)37-41(4)53-34-28-47-17-15-35-57-55(47)43(53)6/h7-38H,2H2,1,3-6H3/b40-36-,41-37-. The molecule has 7 aromatic carbocycles. The van der Waals surface area contributed by atoms with E-state index in [1.54, 1.807) is 0 Å². The minimum absolute atomic E-state index is 0.240. The van der Waals surface area contributed by atoms with Crippen LogP contribution in [0.5, 0.6) is 0 Å². The number of hydrogen-bond acceptors (Lipinski definition) is 1. The van der Waals surface area contributed by atoms with Crippen molar-refractivity contribution in [2.45, 2.75) is 46.0 Å². The van der Waals surface area contributed by atoms with Gasteiger partial charge in [-0.2, -0.15) is 0 Å². The number of nitrogens with zero attached hydrogens (tertiary/aromatic N) is 1. The zero-order valence-corrected chi connectivity index (χ0v) is 33.6. The Balaban J connectivity index is 1.16. The van der Waals surface area contributed by atoms with Crippen LogP contribution in [0, 0.1) is 13.8 Å². The molecular formula is C56H49N. The van der Waals surface area contributed by atoms with E-state index in [-0.39, 0.29) is 5.92 Å². The second-order valence-electron chi connectivity index (χ2n) is 15.4. The first-order chi connectivity index (χ1) is 27.8. The fraction of sp³-hybridized carbons (Fsp3) is 0.125. The third kappa shape index (κ3) is 7.07. The summed E-state index contributed by atoms with van der Waals surface area (Å²) in [5.74, 6) is 0.240. The third-order valence-electron chi connectivity index (χ3n) is 11.9. The van der Waals surface area contributed by atoms with Crippen LogP contribution in [0.3, 0.4) is 0 Å². The molecule has 1 unspecified atom stereocenters. The van der Waals surface area contributed by atoms with Crippen molar-refractivity contribution in [2.24, 2.45) is 0 Å². The summed E-state index contributed by atoms with van der Waals surface area (Å²) < 4.78 is 0. The summed E-state index contributed by atoms with van der Waals surface area (Å²) in [4.78, 5) is 4.66. The zero-order valence-electron chi connectivity index (χ0n) is 33.6. The minimum Gasteiger partial charge on any atom is -0.256 e. The fourth-order valence-electron chi connectivity index (χ4n) is 8.90. The van der Waals surface area contributed by atoms with Crippen LogP contribution >= 0.6 is 0 Å². The van der Waals surface area contributed by atoms with E-state index in [9.17, 15) is 0 Å². The Morgan fingerprint density at radius 1 is 0.544 bits per heavy atom. The quantitative estimate of drug-likeness (QED) is 0.101. The molecule has 0 fully saturated rings. The predicted octanol–water partition coefficient (Wildman–Crippen LogP) is 14.7. The van der Waals surface area contributed by atoms with Crippen molar-refractivity contribution in [3.8, 4) is 0 Å². The molecule has 0 aliphatic heterocycles. The number of aromatic nitrogens is 1. The van der Waals surface area contributed by atoms with Crippen LogP contribution < -0.4 is 0 Å². The van der Waals surface area contributed by atoms with Gasteiger partial charge in [0.1, 0.15) is 0 Å². The lowest BCUT2D eigenvalue weighted by Crippen LogP contribution is -2.31. The second-order valence-corrected chi connectivity index (χ2v) is 15.4. The highest BCUT2D eigenvalue weighted by atomic mass is 14.6. The molecule has 1 aromatic heterocycles. The van der Waals surface area contributed by atoms with Gasteiger partial charge in [-0.3, -0.25) is 4.98 Å². The van der Waals surface area contributed by atoms with E-state index in [0.717, 1.165) is 22.0 Å².